The average Bonchev–Trinajstić information content (AvgIpc) is 3.53. The molecule has 3 aliphatic heterocycles. The predicted octanol–water partition coefficient (Wildman–Crippen LogP) is 7.48. The summed E-state index contributed by atoms with van der Waals surface area (Å²) < 4.78 is 36.6. The van der Waals surface area contributed by atoms with Crippen molar-refractivity contribution < 1.29 is 33.2 Å². The molecule has 0 aromatic rings. The van der Waals surface area contributed by atoms with E-state index in [0.717, 1.165) is 77.4 Å². The number of hydrogen-bond acceptors (Lipinski definition) is 7. The fourth-order valence-electron chi connectivity index (χ4n) is 7.00. The molecular weight excluding hydrogens is 588 g/mol. The summed E-state index contributed by atoms with van der Waals surface area (Å²) in [5, 5.41) is 0. The van der Waals surface area contributed by atoms with Gasteiger partial charge in [0, 0.05) is 36.8 Å². The number of methoxy groups -OCH3 is 1. The highest BCUT2D eigenvalue weighted by Gasteiger charge is 2.51. The third-order valence-corrected chi connectivity index (χ3v) is 10.4. The minimum Gasteiger partial charge on any atom is -0.469 e. The third kappa shape index (κ3) is 10.6. The molecule has 0 amide bonds. The van der Waals surface area contributed by atoms with E-state index in [-0.39, 0.29) is 53.7 Å². The van der Waals surface area contributed by atoms with Crippen LogP contribution in [0.4, 0.5) is 0 Å². The molecule has 4 rings (SSSR count). The molecule has 4 aliphatic rings. The van der Waals surface area contributed by atoms with Crippen LogP contribution in [0.25, 0.3) is 0 Å². The van der Waals surface area contributed by atoms with E-state index in [2.05, 4.69) is 41.9 Å². The predicted molar refractivity (Wildman–Crippen MR) is 163 cm³/mol. The summed E-state index contributed by atoms with van der Waals surface area (Å²) in [4.78, 5) is 11.8. The Morgan fingerprint density at radius 1 is 1.02 bits per heavy atom. The summed E-state index contributed by atoms with van der Waals surface area (Å²) in [6, 6.07) is 0. The van der Waals surface area contributed by atoms with E-state index in [1.807, 2.05) is 0 Å². The molecule has 8 heteroatoms. The lowest BCUT2D eigenvalue weighted by atomic mass is 9.88. The maximum absolute atomic E-state index is 11.6. The van der Waals surface area contributed by atoms with E-state index in [9.17, 15) is 4.79 Å². The second-order valence-electron chi connectivity index (χ2n) is 12.7. The van der Waals surface area contributed by atoms with Crippen molar-refractivity contribution >= 4 is 21.9 Å². The van der Waals surface area contributed by atoms with E-state index < -0.39 is 0 Å². The van der Waals surface area contributed by atoms with Crippen molar-refractivity contribution in [2.75, 3.05) is 20.3 Å². The molecule has 4 fully saturated rings. The number of hydrogen-bond donors (Lipinski definition) is 0. The summed E-state index contributed by atoms with van der Waals surface area (Å²) in [6.45, 7) is 6.19. The highest BCUT2D eigenvalue weighted by Crippen LogP contribution is 2.48. The van der Waals surface area contributed by atoms with Crippen molar-refractivity contribution in [1.29, 1.82) is 0 Å². The second-order valence-corrected chi connectivity index (χ2v) is 13.9. The van der Waals surface area contributed by atoms with Crippen molar-refractivity contribution in [2.24, 2.45) is 17.8 Å². The first-order valence-electron chi connectivity index (χ1n) is 16.6. The zero-order valence-corrected chi connectivity index (χ0v) is 27.3. The number of carbonyl (C=O) groups is 1. The molecule has 3 saturated heterocycles. The number of rotatable bonds is 16. The van der Waals surface area contributed by atoms with Gasteiger partial charge in [-0.25, -0.2) is 0 Å². The van der Waals surface area contributed by atoms with Gasteiger partial charge in [-0.1, -0.05) is 61.2 Å². The van der Waals surface area contributed by atoms with Gasteiger partial charge < -0.3 is 28.4 Å². The van der Waals surface area contributed by atoms with Gasteiger partial charge in [0.25, 0.3) is 0 Å². The second kappa shape index (κ2) is 17.7. The number of carbonyl (C=O) groups excluding carboxylic acids is 1. The van der Waals surface area contributed by atoms with E-state index >= 15 is 0 Å². The van der Waals surface area contributed by atoms with E-state index in [4.69, 9.17) is 28.4 Å². The first kappa shape index (κ1) is 33.4. The zero-order chi connectivity index (χ0) is 29.0. The van der Waals surface area contributed by atoms with Crippen LogP contribution in [0.1, 0.15) is 110 Å². The van der Waals surface area contributed by atoms with E-state index in [0.29, 0.717) is 18.3 Å². The summed E-state index contributed by atoms with van der Waals surface area (Å²) in [7, 11) is 1.45. The van der Waals surface area contributed by atoms with Crippen LogP contribution in [0.15, 0.2) is 12.2 Å². The first-order chi connectivity index (χ1) is 20.0. The maximum Gasteiger partial charge on any atom is 0.305 e. The van der Waals surface area contributed by atoms with Crippen LogP contribution in [0, 0.1) is 17.8 Å². The van der Waals surface area contributed by atoms with Gasteiger partial charge in [0.1, 0.15) is 0 Å². The smallest absolute Gasteiger partial charge is 0.305 e. The summed E-state index contributed by atoms with van der Waals surface area (Å²) in [6.07, 6.45) is 20.2. The normalized spacial score (nSPS) is 34.4. The molecule has 7 nitrogen and oxygen atoms in total. The quantitative estimate of drug-likeness (QED) is 0.0981. The first-order valence-corrected chi connectivity index (χ1v) is 17.5. The standard InChI is InChI=1S/C33H55BrO7/c1-4-5-11-23(2)20-24(39-32-14-6-8-18-37-32)16-17-25-26-21-30(27(34)12-10-13-31(35)36-3)40-29(26)22-28(25)41-33-15-7-9-19-38-33/h16-17,23-30,32-33H,4-15,18-22H2,1-3H3/t23-,24?,25+,26+,27?,28+,29+,30?,32?,33?/m0/s1. The molecule has 0 radical (unpaired) electrons. The molecule has 5 unspecified atom stereocenters. The largest absolute Gasteiger partial charge is 0.469 e. The Balaban J connectivity index is 1.43. The molecule has 0 N–H and O–H groups in total. The van der Waals surface area contributed by atoms with Crippen molar-refractivity contribution in [3.63, 3.8) is 0 Å². The Kier molecular flexibility index (Phi) is 14.4. The average molecular weight is 644 g/mol. The van der Waals surface area contributed by atoms with Crippen LogP contribution >= 0.6 is 15.9 Å². The van der Waals surface area contributed by atoms with Gasteiger partial charge in [-0.15, -0.1) is 0 Å². The van der Waals surface area contributed by atoms with Crippen molar-refractivity contribution in [3.8, 4) is 0 Å². The topological polar surface area (TPSA) is 72.5 Å². The molecule has 41 heavy (non-hydrogen) atoms. The summed E-state index contributed by atoms with van der Waals surface area (Å²) >= 11 is 3.88. The van der Waals surface area contributed by atoms with Crippen LogP contribution in [0.5, 0.6) is 0 Å². The number of esters is 1. The Hall–Kier alpha value is -0.510. The van der Waals surface area contributed by atoms with Crippen LogP contribution in [-0.2, 0) is 33.2 Å². The zero-order valence-electron chi connectivity index (χ0n) is 25.7. The molecular formula is C33H55BrO7. The summed E-state index contributed by atoms with van der Waals surface area (Å²) in [5.74, 6) is 1.11. The van der Waals surface area contributed by atoms with Gasteiger partial charge in [0.05, 0.1) is 31.5 Å². The molecule has 1 aliphatic carbocycles. The highest BCUT2D eigenvalue weighted by molar-refractivity contribution is 9.09. The summed E-state index contributed by atoms with van der Waals surface area (Å²) in [5.41, 5.74) is 0. The molecule has 0 aromatic heterocycles. The number of fused-ring (bicyclic) bond motifs is 1. The van der Waals surface area contributed by atoms with Gasteiger partial charge in [-0.2, -0.15) is 0 Å². The van der Waals surface area contributed by atoms with Crippen molar-refractivity contribution in [1.82, 2.24) is 0 Å². The molecule has 3 heterocycles. The Bertz CT molecular complexity index is 782. The SMILES string of the molecule is CCCC[C@H](C)CC(C=C[C@@H]1[C@H]2CC(C(Br)CCCC(=O)OC)O[C@@H]2C[C@H]1OC1CCCCO1)OC1CCCCO1. The van der Waals surface area contributed by atoms with Gasteiger partial charge >= 0.3 is 5.97 Å². The lowest BCUT2D eigenvalue weighted by Crippen LogP contribution is -2.32. The number of ether oxygens (including phenoxy) is 6. The number of alkyl halides is 1. The van der Waals surface area contributed by atoms with Gasteiger partial charge in [-0.3, -0.25) is 4.79 Å². The van der Waals surface area contributed by atoms with Crippen molar-refractivity contribution in [3.05, 3.63) is 12.2 Å². The fourth-order valence-corrected chi connectivity index (χ4v) is 7.66. The van der Waals surface area contributed by atoms with Crippen LogP contribution < -0.4 is 0 Å². The Labute approximate surface area is 256 Å². The fraction of sp³-hybridized carbons (Fsp3) is 0.909. The van der Waals surface area contributed by atoms with E-state index in [1.165, 1.54) is 32.8 Å². The Morgan fingerprint density at radius 3 is 2.46 bits per heavy atom. The van der Waals surface area contributed by atoms with Crippen LogP contribution in [-0.4, -0.2) is 68.1 Å². The molecule has 0 aromatic carbocycles. The molecule has 10 atom stereocenters. The lowest BCUT2D eigenvalue weighted by Gasteiger charge is -2.30. The molecule has 0 spiro atoms. The van der Waals surface area contributed by atoms with Gasteiger partial charge in [0.2, 0.25) is 0 Å². The van der Waals surface area contributed by atoms with Gasteiger partial charge in [0.15, 0.2) is 12.6 Å². The van der Waals surface area contributed by atoms with Gasteiger partial charge in [-0.05, 0) is 76.0 Å². The minimum atomic E-state index is -0.150. The number of unbranched alkanes of at least 4 members (excludes halogenated alkanes) is 1. The highest BCUT2D eigenvalue weighted by atomic mass is 79.9. The maximum atomic E-state index is 11.6. The van der Waals surface area contributed by atoms with Crippen molar-refractivity contribution in [2.45, 2.75) is 152 Å². The lowest BCUT2D eigenvalue weighted by molar-refractivity contribution is -0.194. The van der Waals surface area contributed by atoms with Crippen LogP contribution in [0.3, 0.4) is 0 Å². The minimum absolute atomic E-state index is 0.0379. The third-order valence-electron chi connectivity index (χ3n) is 9.37. The molecule has 236 valence electrons. The monoisotopic (exact) mass is 642 g/mol. The molecule has 1 saturated carbocycles. The number of halogens is 1. The Morgan fingerprint density at radius 2 is 1.78 bits per heavy atom. The molecule has 0 bridgehead atoms. The van der Waals surface area contributed by atoms with E-state index in [1.54, 1.807) is 0 Å². The van der Waals surface area contributed by atoms with Crippen LogP contribution in [0.2, 0.25) is 0 Å².